The third kappa shape index (κ3) is 2.90. The van der Waals surface area contributed by atoms with Gasteiger partial charge in [0.15, 0.2) is 0 Å². The SMILES string of the molecule is COC(=O)C(C)(C)NS(=O)(=O)c1ccc2ccccc2c1O. The summed E-state index contributed by atoms with van der Waals surface area (Å²) >= 11 is 0. The number of aromatic hydroxyl groups is 1. The van der Waals surface area contributed by atoms with Crippen LogP contribution >= 0.6 is 0 Å². The number of nitrogens with one attached hydrogen (secondary N) is 1. The van der Waals surface area contributed by atoms with Gasteiger partial charge in [-0.05, 0) is 25.3 Å². The van der Waals surface area contributed by atoms with Gasteiger partial charge in [-0.25, -0.2) is 8.42 Å². The summed E-state index contributed by atoms with van der Waals surface area (Å²) in [5.41, 5.74) is -1.45. The molecule has 0 aliphatic rings. The molecule has 0 radical (unpaired) electrons. The van der Waals surface area contributed by atoms with Crippen LogP contribution in [-0.2, 0) is 19.6 Å². The molecule has 0 saturated carbocycles. The van der Waals surface area contributed by atoms with Gasteiger partial charge in [-0.2, -0.15) is 4.72 Å². The first-order valence-electron chi connectivity index (χ1n) is 6.52. The minimum Gasteiger partial charge on any atom is -0.506 e. The van der Waals surface area contributed by atoms with Crippen molar-refractivity contribution in [1.29, 1.82) is 0 Å². The summed E-state index contributed by atoms with van der Waals surface area (Å²) in [4.78, 5) is 11.3. The summed E-state index contributed by atoms with van der Waals surface area (Å²) in [6, 6.07) is 9.76. The van der Waals surface area contributed by atoms with Gasteiger partial charge in [0.25, 0.3) is 0 Å². The molecule has 0 aliphatic heterocycles. The molecule has 0 aromatic heterocycles. The topological polar surface area (TPSA) is 92.7 Å². The Bertz CT molecular complexity index is 827. The van der Waals surface area contributed by atoms with E-state index in [1.165, 1.54) is 27.0 Å². The van der Waals surface area contributed by atoms with E-state index in [9.17, 15) is 18.3 Å². The zero-order chi connectivity index (χ0) is 16.5. The highest BCUT2D eigenvalue weighted by Crippen LogP contribution is 2.32. The molecule has 2 aromatic rings. The average molecular weight is 323 g/mol. The van der Waals surface area contributed by atoms with Crippen LogP contribution in [0.1, 0.15) is 13.8 Å². The Morgan fingerprint density at radius 3 is 2.45 bits per heavy atom. The fourth-order valence-electron chi connectivity index (χ4n) is 2.14. The van der Waals surface area contributed by atoms with E-state index in [1.807, 2.05) is 0 Å². The number of carbonyl (C=O) groups excluding carboxylic acids is 1. The average Bonchev–Trinajstić information content (AvgIpc) is 2.45. The van der Waals surface area contributed by atoms with Crippen LogP contribution in [0.5, 0.6) is 5.75 Å². The lowest BCUT2D eigenvalue weighted by molar-refractivity contribution is -0.146. The summed E-state index contributed by atoms with van der Waals surface area (Å²) in [6.07, 6.45) is 0. The molecule has 2 rings (SSSR count). The van der Waals surface area contributed by atoms with E-state index in [-0.39, 0.29) is 10.6 Å². The molecular weight excluding hydrogens is 306 g/mol. The van der Waals surface area contributed by atoms with Gasteiger partial charge in [-0.15, -0.1) is 0 Å². The van der Waals surface area contributed by atoms with Gasteiger partial charge in [0.05, 0.1) is 7.11 Å². The monoisotopic (exact) mass is 323 g/mol. The summed E-state index contributed by atoms with van der Waals surface area (Å²) < 4.78 is 31.7. The minimum atomic E-state index is -4.10. The number of hydrogen-bond acceptors (Lipinski definition) is 5. The number of benzene rings is 2. The van der Waals surface area contributed by atoms with Crippen LogP contribution < -0.4 is 4.72 Å². The molecule has 0 fully saturated rings. The molecule has 7 heteroatoms. The molecule has 0 heterocycles. The van der Waals surface area contributed by atoms with Crippen LogP contribution in [0.25, 0.3) is 10.8 Å². The standard InChI is InChI=1S/C15H17NO5S/c1-15(2,14(18)21-3)16-22(19,20)12-9-8-10-6-4-5-7-11(10)13(12)17/h4-9,16-17H,1-3H3. The first kappa shape index (κ1) is 16.3. The second-order valence-corrected chi connectivity index (χ2v) is 7.01. The van der Waals surface area contributed by atoms with Crippen molar-refractivity contribution in [2.75, 3.05) is 7.11 Å². The van der Waals surface area contributed by atoms with E-state index < -0.39 is 21.5 Å². The Morgan fingerprint density at radius 2 is 1.82 bits per heavy atom. The maximum atomic E-state index is 12.5. The normalized spacial score (nSPS) is 12.3. The van der Waals surface area contributed by atoms with E-state index >= 15 is 0 Å². The van der Waals surface area contributed by atoms with Crippen LogP contribution in [0, 0.1) is 0 Å². The van der Waals surface area contributed by atoms with Crippen molar-refractivity contribution in [3.05, 3.63) is 36.4 Å². The van der Waals surface area contributed by atoms with Gasteiger partial charge in [0, 0.05) is 5.39 Å². The Labute approximate surface area is 128 Å². The zero-order valence-corrected chi connectivity index (χ0v) is 13.3. The molecule has 0 saturated heterocycles. The molecule has 6 nitrogen and oxygen atoms in total. The molecule has 0 bridgehead atoms. The van der Waals surface area contributed by atoms with Gasteiger partial charge in [0.2, 0.25) is 10.0 Å². The predicted molar refractivity (Wildman–Crippen MR) is 82.0 cm³/mol. The maximum absolute atomic E-state index is 12.5. The Balaban J connectivity index is 2.51. The molecule has 0 amide bonds. The van der Waals surface area contributed by atoms with E-state index in [0.29, 0.717) is 10.8 Å². The molecule has 0 unspecified atom stereocenters. The molecular formula is C15H17NO5S. The number of phenolic OH excluding ortho intramolecular Hbond substituents is 1. The first-order valence-corrected chi connectivity index (χ1v) is 8.00. The quantitative estimate of drug-likeness (QED) is 0.837. The van der Waals surface area contributed by atoms with Gasteiger partial charge < -0.3 is 9.84 Å². The van der Waals surface area contributed by atoms with Crippen LogP contribution in [0.4, 0.5) is 0 Å². The highest BCUT2D eigenvalue weighted by atomic mass is 32.2. The fourth-order valence-corrected chi connectivity index (χ4v) is 3.62. The van der Waals surface area contributed by atoms with Crippen LogP contribution in [0.2, 0.25) is 0 Å². The van der Waals surface area contributed by atoms with Crippen molar-refractivity contribution in [2.24, 2.45) is 0 Å². The smallest absolute Gasteiger partial charge is 0.326 e. The van der Waals surface area contributed by atoms with Gasteiger partial charge in [0.1, 0.15) is 16.2 Å². The second kappa shape index (κ2) is 5.58. The van der Waals surface area contributed by atoms with Gasteiger partial charge in [-0.3, -0.25) is 4.79 Å². The molecule has 0 atom stereocenters. The van der Waals surface area contributed by atoms with Crippen molar-refractivity contribution in [1.82, 2.24) is 4.72 Å². The number of fused-ring (bicyclic) bond motifs is 1. The van der Waals surface area contributed by atoms with Crippen LogP contribution in [0.3, 0.4) is 0 Å². The lowest BCUT2D eigenvalue weighted by Gasteiger charge is -2.23. The summed E-state index contributed by atoms with van der Waals surface area (Å²) in [5, 5.41) is 11.4. The van der Waals surface area contributed by atoms with E-state index in [4.69, 9.17) is 0 Å². The van der Waals surface area contributed by atoms with Gasteiger partial charge >= 0.3 is 5.97 Å². The highest BCUT2D eigenvalue weighted by molar-refractivity contribution is 7.89. The number of rotatable bonds is 4. The minimum absolute atomic E-state index is 0.289. The molecule has 118 valence electrons. The Kier molecular flexibility index (Phi) is 4.12. The third-order valence-corrected chi connectivity index (χ3v) is 4.93. The Morgan fingerprint density at radius 1 is 1.18 bits per heavy atom. The second-order valence-electron chi connectivity index (χ2n) is 5.36. The predicted octanol–water partition coefficient (Wildman–Crippen LogP) is 1.78. The van der Waals surface area contributed by atoms with Crippen molar-refractivity contribution in [2.45, 2.75) is 24.3 Å². The van der Waals surface area contributed by atoms with Crippen molar-refractivity contribution < 1.29 is 23.1 Å². The van der Waals surface area contributed by atoms with Crippen molar-refractivity contribution in [3.63, 3.8) is 0 Å². The molecule has 0 spiro atoms. The van der Waals surface area contributed by atoms with Crippen molar-refractivity contribution >= 4 is 26.8 Å². The summed E-state index contributed by atoms with van der Waals surface area (Å²) in [5.74, 6) is -1.08. The highest BCUT2D eigenvalue weighted by Gasteiger charge is 2.35. The van der Waals surface area contributed by atoms with Gasteiger partial charge in [-0.1, -0.05) is 30.3 Å². The lowest BCUT2D eigenvalue weighted by atomic mass is 10.1. The molecule has 22 heavy (non-hydrogen) atoms. The largest absolute Gasteiger partial charge is 0.506 e. The molecule has 0 aliphatic carbocycles. The zero-order valence-electron chi connectivity index (χ0n) is 12.5. The van der Waals surface area contributed by atoms with Crippen LogP contribution in [0.15, 0.2) is 41.3 Å². The van der Waals surface area contributed by atoms with E-state index in [1.54, 1.807) is 30.3 Å². The number of methoxy groups -OCH3 is 1. The number of hydrogen-bond donors (Lipinski definition) is 2. The third-order valence-electron chi connectivity index (χ3n) is 3.24. The van der Waals surface area contributed by atoms with Crippen LogP contribution in [-0.4, -0.2) is 32.1 Å². The first-order chi connectivity index (χ1) is 10.2. The number of ether oxygens (including phenoxy) is 1. The summed E-state index contributed by atoms with van der Waals surface area (Å²) in [7, 11) is -2.92. The maximum Gasteiger partial charge on any atom is 0.326 e. The Hall–Kier alpha value is -2.12. The number of esters is 1. The lowest BCUT2D eigenvalue weighted by Crippen LogP contribution is -2.50. The number of sulfonamides is 1. The summed E-state index contributed by atoms with van der Waals surface area (Å²) in [6.45, 7) is 2.77. The van der Waals surface area contributed by atoms with E-state index in [2.05, 4.69) is 9.46 Å². The van der Waals surface area contributed by atoms with E-state index in [0.717, 1.165) is 0 Å². The molecule has 2 aromatic carbocycles. The fraction of sp³-hybridized carbons (Fsp3) is 0.267. The number of phenols is 1. The molecule has 2 N–H and O–H groups in total. The van der Waals surface area contributed by atoms with Crippen molar-refractivity contribution in [3.8, 4) is 5.75 Å². The number of carbonyl (C=O) groups is 1.